The largest absolute Gasteiger partial charge is 0.324 e. The fourth-order valence-corrected chi connectivity index (χ4v) is 2.73. The summed E-state index contributed by atoms with van der Waals surface area (Å²) in [6.45, 7) is 6.84. The van der Waals surface area contributed by atoms with Gasteiger partial charge in [-0.3, -0.25) is 0 Å². The van der Waals surface area contributed by atoms with Crippen LogP contribution in [0.15, 0.2) is 18.2 Å². The van der Waals surface area contributed by atoms with Crippen LogP contribution in [0, 0.1) is 5.92 Å². The number of benzene rings is 1. The Balaban J connectivity index is 2.32. The van der Waals surface area contributed by atoms with Gasteiger partial charge >= 0.3 is 0 Å². The quantitative estimate of drug-likeness (QED) is 0.801. The van der Waals surface area contributed by atoms with Crippen molar-refractivity contribution < 1.29 is 0 Å². The van der Waals surface area contributed by atoms with Gasteiger partial charge in [0.2, 0.25) is 0 Å². The highest BCUT2D eigenvalue weighted by molar-refractivity contribution is 5.38. The number of fused-ring (bicyclic) bond motifs is 1. The van der Waals surface area contributed by atoms with E-state index in [2.05, 4.69) is 39.0 Å². The van der Waals surface area contributed by atoms with Crippen LogP contribution in [-0.2, 0) is 6.42 Å². The Morgan fingerprint density at radius 3 is 2.69 bits per heavy atom. The van der Waals surface area contributed by atoms with Crippen molar-refractivity contribution >= 4 is 0 Å². The van der Waals surface area contributed by atoms with E-state index in [0.717, 1.165) is 18.8 Å². The van der Waals surface area contributed by atoms with Gasteiger partial charge in [0, 0.05) is 6.04 Å². The summed E-state index contributed by atoms with van der Waals surface area (Å²) in [4.78, 5) is 0. The van der Waals surface area contributed by atoms with Crippen molar-refractivity contribution in [3.8, 4) is 0 Å². The third-order valence-electron chi connectivity index (χ3n) is 3.64. The summed E-state index contributed by atoms with van der Waals surface area (Å²) in [5.41, 5.74) is 10.5. The second-order valence-electron chi connectivity index (χ2n) is 5.65. The molecule has 2 N–H and O–H groups in total. The van der Waals surface area contributed by atoms with E-state index in [1.54, 1.807) is 0 Å². The molecule has 2 rings (SSSR count). The zero-order chi connectivity index (χ0) is 11.7. The first kappa shape index (κ1) is 11.7. The Bertz CT molecular complexity index is 368. The van der Waals surface area contributed by atoms with Gasteiger partial charge in [-0.2, -0.15) is 0 Å². The first-order valence-electron chi connectivity index (χ1n) is 6.46. The van der Waals surface area contributed by atoms with Gasteiger partial charge in [-0.15, -0.1) is 0 Å². The molecule has 0 amide bonds. The van der Waals surface area contributed by atoms with Gasteiger partial charge in [-0.1, -0.05) is 39.0 Å². The highest BCUT2D eigenvalue weighted by Gasteiger charge is 2.22. The Hall–Kier alpha value is -0.820. The molecule has 1 aliphatic rings. The summed E-state index contributed by atoms with van der Waals surface area (Å²) in [6.07, 6.45) is 3.53. The summed E-state index contributed by atoms with van der Waals surface area (Å²) in [5, 5.41) is 0. The second kappa shape index (κ2) is 4.58. The van der Waals surface area contributed by atoms with Crippen molar-refractivity contribution in [3.05, 3.63) is 34.9 Å². The molecular weight excluding hydrogens is 194 g/mol. The molecule has 0 saturated heterocycles. The van der Waals surface area contributed by atoms with Crippen LogP contribution in [0.1, 0.15) is 62.3 Å². The normalized spacial score (nSPS) is 24.6. The van der Waals surface area contributed by atoms with Gasteiger partial charge in [-0.05, 0) is 47.8 Å². The monoisotopic (exact) mass is 217 g/mol. The lowest BCUT2D eigenvalue weighted by molar-refractivity contribution is 0.512. The maximum Gasteiger partial charge on any atom is 0.0297 e. The average Bonchev–Trinajstić information content (AvgIpc) is 2.23. The molecule has 0 bridgehead atoms. The third kappa shape index (κ3) is 2.30. The highest BCUT2D eigenvalue weighted by atomic mass is 14.6. The van der Waals surface area contributed by atoms with Crippen molar-refractivity contribution in [1.82, 2.24) is 0 Å². The zero-order valence-corrected chi connectivity index (χ0v) is 10.7. The Kier molecular flexibility index (Phi) is 3.34. The summed E-state index contributed by atoms with van der Waals surface area (Å²) in [7, 11) is 0. The zero-order valence-electron chi connectivity index (χ0n) is 10.7. The lowest BCUT2D eigenvalue weighted by Gasteiger charge is -2.28. The van der Waals surface area contributed by atoms with Crippen molar-refractivity contribution in [2.24, 2.45) is 11.7 Å². The standard InChI is InChI=1S/C15H23N/c1-10(2)8-12-5-6-13-11(3)4-7-15(16)14(13)9-12/h5-6,9-11,15H,4,7-8,16H2,1-3H3. The van der Waals surface area contributed by atoms with Gasteiger partial charge in [0.15, 0.2) is 0 Å². The maximum atomic E-state index is 6.21. The molecule has 1 nitrogen and oxygen atoms in total. The van der Waals surface area contributed by atoms with E-state index in [4.69, 9.17) is 5.73 Å². The van der Waals surface area contributed by atoms with E-state index in [9.17, 15) is 0 Å². The number of nitrogens with two attached hydrogens (primary N) is 1. The summed E-state index contributed by atoms with van der Waals surface area (Å²) < 4.78 is 0. The molecule has 0 aliphatic heterocycles. The Morgan fingerprint density at radius 1 is 1.25 bits per heavy atom. The summed E-state index contributed by atoms with van der Waals surface area (Å²) in [6, 6.07) is 7.19. The summed E-state index contributed by atoms with van der Waals surface area (Å²) in [5.74, 6) is 1.40. The average molecular weight is 217 g/mol. The minimum atomic E-state index is 0.262. The lowest BCUT2D eigenvalue weighted by atomic mass is 9.80. The van der Waals surface area contributed by atoms with E-state index in [1.165, 1.54) is 23.1 Å². The first-order chi connectivity index (χ1) is 7.58. The molecule has 16 heavy (non-hydrogen) atoms. The highest BCUT2D eigenvalue weighted by Crippen LogP contribution is 2.36. The minimum Gasteiger partial charge on any atom is -0.324 e. The lowest BCUT2D eigenvalue weighted by Crippen LogP contribution is -2.19. The van der Waals surface area contributed by atoms with Gasteiger partial charge in [0.1, 0.15) is 0 Å². The number of rotatable bonds is 2. The Morgan fingerprint density at radius 2 is 2.00 bits per heavy atom. The van der Waals surface area contributed by atoms with E-state index in [-0.39, 0.29) is 6.04 Å². The van der Waals surface area contributed by atoms with Crippen molar-refractivity contribution in [2.75, 3.05) is 0 Å². The van der Waals surface area contributed by atoms with Crippen molar-refractivity contribution in [1.29, 1.82) is 0 Å². The predicted molar refractivity (Wildman–Crippen MR) is 69.6 cm³/mol. The van der Waals surface area contributed by atoms with Crippen LogP contribution >= 0.6 is 0 Å². The maximum absolute atomic E-state index is 6.21. The smallest absolute Gasteiger partial charge is 0.0297 e. The minimum absolute atomic E-state index is 0.262. The van der Waals surface area contributed by atoms with Crippen LogP contribution in [0.5, 0.6) is 0 Å². The number of hydrogen-bond acceptors (Lipinski definition) is 1. The van der Waals surface area contributed by atoms with Crippen LogP contribution in [0.2, 0.25) is 0 Å². The molecule has 0 heterocycles. The molecule has 0 saturated carbocycles. The molecule has 2 atom stereocenters. The van der Waals surface area contributed by atoms with Crippen LogP contribution in [-0.4, -0.2) is 0 Å². The van der Waals surface area contributed by atoms with E-state index >= 15 is 0 Å². The van der Waals surface area contributed by atoms with Gasteiger partial charge in [0.05, 0.1) is 0 Å². The van der Waals surface area contributed by atoms with Gasteiger partial charge in [-0.25, -0.2) is 0 Å². The van der Waals surface area contributed by atoms with Crippen molar-refractivity contribution in [3.63, 3.8) is 0 Å². The summed E-state index contributed by atoms with van der Waals surface area (Å²) >= 11 is 0. The number of hydrogen-bond donors (Lipinski definition) is 1. The molecule has 0 spiro atoms. The van der Waals surface area contributed by atoms with E-state index in [1.807, 2.05) is 0 Å². The predicted octanol–water partition coefficient (Wildman–Crippen LogP) is 3.78. The third-order valence-corrected chi connectivity index (χ3v) is 3.64. The van der Waals surface area contributed by atoms with Crippen LogP contribution in [0.3, 0.4) is 0 Å². The fraction of sp³-hybridized carbons (Fsp3) is 0.600. The van der Waals surface area contributed by atoms with Gasteiger partial charge in [0.25, 0.3) is 0 Å². The SMILES string of the molecule is CC(C)Cc1ccc2c(c1)C(N)CCC2C. The molecular formula is C15H23N. The van der Waals surface area contributed by atoms with Crippen LogP contribution in [0.4, 0.5) is 0 Å². The van der Waals surface area contributed by atoms with Crippen molar-refractivity contribution in [2.45, 2.75) is 52.0 Å². The van der Waals surface area contributed by atoms with Crippen LogP contribution < -0.4 is 5.73 Å². The molecule has 1 heteroatoms. The molecule has 1 aromatic rings. The molecule has 0 fully saturated rings. The van der Waals surface area contributed by atoms with Crippen LogP contribution in [0.25, 0.3) is 0 Å². The van der Waals surface area contributed by atoms with E-state index < -0.39 is 0 Å². The molecule has 0 radical (unpaired) electrons. The van der Waals surface area contributed by atoms with E-state index in [0.29, 0.717) is 5.92 Å². The molecule has 1 aliphatic carbocycles. The van der Waals surface area contributed by atoms with Gasteiger partial charge < -0.3 is 5.73 Å². The fourth-order valence-electron chi connectivity index (χ4n) is 2.73. The first-order valence-corrected chi connectivity index (χ1v) is 6.46. The second-order valence-corrected chi connectivity index (χ2v) is 5.65. The molecule has 2 unspecified atom stereocenters. The molecule has 0 aromatic heterocycles. The Labute approximate surface area is 99.0 Å². The topological polar surface area (TPSA) is 26.0 Å². The molecule has 1 aromatic carbocycles. The molecule has 88 valence electrons.